The van der Waals surface area contributed by atoms with Crippen molar-refractivity contribution in [1.29, 1.82) is 0 Å². The Balaban J connectivity index is 1.49. The van der Waals surface area contributed by atoms with Crippen molar-refractivity contribution in [1.82, 2.24) is 20.5 Å². The zero-order valence-corrected chi connectivity index (χ0v) is 20.4. The lowest BCUT2D eigenvalue weighted by Crippen LogP contribution is -2.47. The molecule has 2 amide bonds. The van der Waals surface area contributed by atoms with Crippen LogP contribution in [-0.4, -0.2) is 53.9 Å². The number of nitrogens with one attached hydrogen (secondary N) is 2. The van der Waals surface area contributed by atoms with Gasteiger partial charge < -0.3 is 10.6 Å². The number of rotatable bonds is 7. The summed E-state index contributed by atoms with van der Waals surface area (Å²) in [4.78, 5) is 32.4. The molecular formula is C28H34N4O2. The fourth-order valence-electron chi connectivity index (χ4n) is 4.62. The third-order valence-corrected chi connectivity index (χ3v) is 6.48. The van der Waals surface area contributed by atoms with E-state index in [9.17, 15) is 9.59 Å². The van der Waals surface area contributed by atoms with Gasteiger partial charge in [0.15, 0.2) is 0 Å². The molecule has 4 rings (SSSR count). The summed E-state index contributed by atoms with van der Waals surface area (Å²) in [5, 5.41) is 7.03. The molecule has 34 heavy (non-hydrogen) atoms. The van der Waals surface area contributed by atoms with Gasteiger partial charge >= 0.3 is 0 Å². The summed E-state index contributed by atoms with van der Waals surface area (Å²) >= 11 is 0. The minimum Gasteiger partial charge on any atom is -0.355 e. The first-order valence-corrected chi connectivity index (χ1v) is 12.2. The van der Waals surface area contributed by atoms with Gasteiger partial charge in [0.05, 0.1) is 23.3 Å². The van der Waals surface area contributed by atoms with Gasteiger partial charge in [0.2, 0.25) is 5.91 Å². The van der Waals surface area contributed by atoms with Crippen molar-refractivity contribution in [3.8, 4) is 11.3 Å². The van der Waals surface area contributed by atoms with Crippen LogP contribution in [0.15, 0.2) is 48.5 Å². The molecule has 6 heteroatoms. The molecule has 0 saturated carbocycles. The number of nitrogens with zero attached hydrogens (tertiary/aromatic N) is 2. The van der Waals surface area contributed by atoms with Crippen LogP contribution >= 0.6 is 0 Å². The third kappa shape index (κ3) is 5.62. The molecule has 0 aliphatic carbocycles. The van der Waals surface area contributed by atoms with E-state index in [-0.39, 0.29) is 17.9 Å². The molecule has 2 aromatic carbocycles. The van der Waals surface area contributed by atoms with Gasteiger partial charge in [-0.2, -0.15) is 0 Å². The number of aryl methyl sites for hydroxylation is 2. The molecule has 2 heterocycles. The highest BCUT2D eigenvalue weighted by Gasteiger charge is 2.23. The van der Waals surface area contributed by atoms with Gasteiger partial charge in [-0.25, -0.2) is 4.98 Å². The molecule has 6 nitrogen and oxygen atoms in total. The van der Waals surface area contributed by atoms with E-state index in [1.807, 2.05) is 37.3 Å². The van der Waals surface area contributed by atoms with E-state index in [2.05, 4.69) is 47.6 Å². The summed E-state index contributed by atoms with van der Waals surface area (Å²) in [5.74, 6) is 0.00951. The Labute approximate surface area is 201 Å². The van der Waals surface area contributed by atoms with Crippen molar-refractivity contribution in [3.63, 3.8) is 0 Å². The first-order chi connectivity index (χ1) is 16.4. The second-order valence-electron chi connectivity index (χ2n) is 9.26. The van der Waals surface area contributed by atoms with E-state index in [4.69, 9.17) is 4.98 Å². The average molecular weight is 459 g/mol. The highest BCUT2D eigenvalue weighted by Crippen LogP contribution is 2.28. The highest BCUT2D eigenvalue weighted by molar-refractivity contribution is 6.07. The van der Waals surface area contributed by atoms with Gasteiger partial charge in [-0.05, 0) is 50.8 Å². The molecule has 1 fully saturated rings. The summed E-state index contributed by atoms with van der Waals surface area (Å²) < 4.78 is 0. The number of piperidine rings is 1. The minimum absolute atomic E-state index is 0.0660. The molecular weight excluding hydrogens is 424 g/mol. The van der Waals surface area contributed by atoms with Crippen LogP contribution in [0.4, 0.5) is 0 Å². The van der Waals surface area contributed by atoms with Crippen molar-refractivity contribution < 1.29 is 9.59 Å². The number of aromatic nitrogens is 1. The third-order valence-electron chi connectivity index (χ3n) is 6.48. The van der Waals surface area contributed by atoms with E-state index in [0.717, 1.165) is 66.6 Å². The van der Waals surface area contributed by atoms with E-state index in [0.29, 0.717) is 12.1 Å². The molecule has 3 aromatic rings. The molecule has 0 spiro atoms. The molecule has 2 N–H and O–H groups in total. The van der Waals surface area contributed by atoms with Crippen molar-refractivity contribution in [2.24, 2.45) is 0 Å². The van der Waals surface area contributed by atoms with Crippen LogP contribution in [0.3, 0.4) is 0 Å². The maximum atomic E-state index is 13.4. The summed E-state index contributed by atoms with van der Waals surface area (Å²) in [7, 11) is 0. The first kappa shape index (κ1) is 23.9. The molecule has 0 unspecified atom stereocenters. The SMILES string of the molecule is CCCNC(=O)CN1CCC(NC(=O)c2cc(-c3ccc(C)cc3C)nc3ccccc23)CC1. The van der Waals surface area contributed by atoms with Crippen LogP contribution in [0.1, 0.15) is 47.7 Å². The van der Waals surface area contributed by atoms with Crippen molar-refractivity contribution in [3.05, 3.63) is 65.2 Å². The quantitative estimate of drug-likeness (QED) is 0.555. The second kappa shape index (κ2) is 10.8. The Hall–Kier alpha value is -3.25. The van der Waals surface area contributed by atoms with Crippen LogP contribution in [0, 0.1) is 13.8 Å². The summed E-state index contributed by atoms with van der Waals surface area (Å²) in [5.41, 5.74) is 5.67. The summed E-state index contributed by atoms with van der Waals surface area (Å²) in [6, 6.07) is 16.1. The normalized spacial score (nSPS) is 14.8. The standard InChI is InChI=1S/C28H34N4O2/c1-4-13-29-27(33)18-32-14-11-21(12-15-32)30-28(34)24-17-26(22-10-9-19(2)16-20(22)3)31-25-8-6-5-7-23(24)25/h5-10,16-17,21H,4,11-15,18H2,1-3H3,(H,29,33)(H,30,34). The Morgan fingerprint density at radius 2 is 1.82 bits per heavy atom. The number of likely N-dealkylation sites (tertiary alicyclic amines) is 1. The maximum Gasteiger partial charge on any atom is 0.252 e. The number of hydrogen-bond donors (Lipinski definition) is 2. The van der Waals surface area contributed by atoms with Gasteiger partial charge in [0, 0.05) is 36.6 Å². The summed E-state index contributed by atoms with van der Waals surface area (Å²) in [6.45, 7) is 8.95. The van der Waals surface area contributed by atoms with E-state index >= 15 is 0 Å². The first-order valence-electron chi connectivity index (χ1n) is 12.2. The number of amides is 2. The van der Waals surface area contributed by atoms with Crippen molar-refractivity contribution in [2.45, 2.75) is 46.1 Å². The van der Waals surface area contributed by atoms with Gasteiger partial charge in [0.25, 0.3) is 5.91 Å². The van der Waals surface area contributed by atoms with Gasteiger partial charge in [0.1, 0.15) is 0 Å². The lowest BCUT2D eigenvalue weighted by atomic mass is 9.98. The molecule has 1 saturated heterocycles. The molecule has 0 bridgehead atoms. The predicted octanol–water partition coefficient (Wildman–Crippen LogP) is 4.24. The van der Waals surface area contributed by atoms with Gasteiger partial charge in [-0.3, -0.25) is 14.5 Å². The van der Waals surface area contributed by atoms with Crippen LogP contribution in [0.25, 0.3) is 22.2 Å². The number of fused-ring (bicyclic) bond motifs is 1. The number of benzene rings is 2. The van der Waals surface area contributed by atoms with Crippen LogP contribution in [0.2, 0.25) is 0 Å². The van der Waals surface area contributed by atoms with E-state index in [1.165, 1.54) is 5.56 Å². The molecule has 1 aliphatic heterocycles. The molecule has 1 aromatic heterocycles. The highest BCUT2D eigenvalue weighted by atomic mass is 16.2. The number of hydrogen-bond acceptors (Lipinski definition) is 4. The predicted molar refractivity (Wildman–Crippen MR) is 137 cm³/mol. The van der Waals surface area contributed by atoms with Crippen LogP contribution in [-0.2, 0) is 4.79 Å². The lowest BCUT2D eigenvalue weighted by Gasteiger charge is -2.32. The Morgan fingerprint density at radius 3 is 2.56 bits per heavy atom. The topological polar surface area (TPSA) is 74.3 Å². The van der Waals surface area contributed by atoms with E-state index < -0.39 is 0 Å². The van der Waals surface area contributed by atoms with Crippen LogP contribution < -0.4 is 10.6 Å². The summed E-state index contributed by atoms with van der Waals surface area (Å²) in [6.07, 6.45) is 2.61. The monoisotopic (exact) mass is 458 g/mol. The average Bonchev–Trinajstić information content (AvgIpc) is 2.83. The van der Waals surface area contributed by atoms with Crippen molar-refractivity contribution >= 4 is 22.7 Å². The second-order valence-corrected chi connectivity index (χ2v) is 9.26. The Bertz CT molecular complexity index is 1180. The van der Waals surface area contributed by atoms with Crippen LogP contribution in [0.5, 0.6) is 0 Å². The largest absolute Gasteiger partial charge is 0.355 e. The number of pyridine rings is 1. The zero-order valence-electron chi connectivity index (χ0n) is 20.4. The number of para-hydroxylation sites is 1. The minimum atomic E-state index is -0.0660. The molecule has 1 aliphatic rings. The van der Waals surface area contributed by atoms with Crippen molar-refractivity contribution in [2.75, 3.05) is 26.2 Å². The Kier molecular flexibility index (Phi) is 7.58. The molecule has 0 atom stereocenters. The number of carbonyl (C=O) groups excluding carboxylic acids is 2. The van der Waals surface area contributed by atoms with Gasteiger partial charge in [-0.1, -0.05) is 48.9 Å². The molecule has 0 radical (unpaired) electrons. The number of carbonyl (C=O) groups is 2. The maximum absolute atomic E-state index is 13.4. The zero-order chi connectivity index (χ0) is 24.1. The Morgan fingerprint density at radius 1 is 1.06 bits per heavy atom. The van der Waals surface area contributed by atoms with E-state index in [1.54, 1.807) is 0 Å². The molecule has 178 valence electrons. The lowest BCUT2D eigenvalue weighted by molar-refractivity contribution is -0.122. The van der Waals surface area contributed by atoms with Gasteiger partial charge in [-0.15, -0.1) is 0 Å². The smallest absolute Gasteiger partial charge is 0.252 e. The fourth-order valence-corrected chi connectivity index (χ4v) is 4.62. The fraction of sp³-hybridized carbons (Fsp3) is 0.393.